The smallest absolute Gasteiger partial charge is 0.228 e. The molecule has 2 atom stereocenters. The quantitative estimate of drug-likeness (QED) is 0.868. The summed E-state index contributed by atoms with van der Waals surface area (Å²) in [5, 5.41) is 2.36. The molecular weight excluding hydrogens is 340 g/mol. The van der Waals surface area contributed by atoms with E-state index in [9.17, 15) is 13.6 Å². The average molecular weight is 352 g/mol. The molecule has 0 heterocycles. The van der Waals surface area contributed by atoms with Crippen molar-refractivity contribution in [3.8, 4) is 0 Å². The maximum atomic E-state index is 13.7. The van der Waals surface area contributed by atoms with Crippen LogP contribution in [0.5, 0.6) is 0 Å². The molecule has 1 amide bonds. The van der Waals surface area contributed by atoms with Crippen molar-refractivity contribution in [1.29, 1.82) is 0 Å². The molecular formula is C16H12BrF2NO. The number of rotatable bonds is 3. The van der Waals surface area contributed by atoms with Gasteiger partial charge in [-0.1, -0.05) is 46.3 Å². The van der Waals surface area contributed by atoms with E-state index in [-0.39, 0.29) is 23.4 Å². The Bertz CT molecular complexity index is 667. The van der Waals surface area contributed by atoms with Gasteiger partial charge in [-0.15, -0.1) is 0 Å². The molecule has 0 spiro atoms. The molecule has 0 aromatic heterocycles. The van der Waals surface area contributed by atoms with Crippen molar-refractivity contribution in [3.05, 3.63) is 64.1 Å². The van der Waals surface area contributed by atoms with Gasteiger partial charge in [0.05, 0.1) is 0 Å². The third kappa shape index (κ3) is 2.97. The molecule has 2 aromatic rings. The summed E-state index contributed by atoms with van der Waals surface area (Å²) in [6.45, 7) is 0. The fourth-order valence-corrected chi connectivity index (χ4v) is 2.83. The number of carbonyl (C=O) groups excluding carboxylic acids is 1. The lowest BCUT2D eigenvalue weighted by molar-refractivity contribution is -0.117. The van der Waals surface area contributed by atoms with Crippen LogP contribution in [-0.4, -0.2) is 5.91 Å². The van der Waals surface area contributed by atoms with Crippen LogP contribution in [0.15, 0.2) is 46.9 Å². The lowest BCUT2D eigenvalue weighted by Gasteiger charge is -2.08. The molecule has 5 heteroatoms. The van der Waals surface area contributed by atoms with Gasteiger partial charge < -0.3 is 5.32 Å². The lowest BCUT2D eigenvalue weighted by Crippen LogP contribution is -2.16. The number of hydrogen-bond acceptors (Lipinski definition) is 1. The molecule has 2 aromatic carbocycles. The Labute approximate surface area is 129 Å². The summed E-state index contributed by atoms with van der Waals surface area (Å²) in [6, 6.07) is 11.9. The molecule has 0 radical (unpaired) electrons. The maximum Gasteiger partial charge on any atom is 0.228 e. The highest BCUT2D eigenvalue weighted by atomic mass is 79.9. The number of nitrogens with one attached hydrogen (secondary N) is 1. The van der Waals surface area contributed by atoms with Crippen molar-refractivity contribution in [2.75, 3.05) is 5.32 Å². The van der Waals surface area contributed by atoms with Crippen LogP contribution in [0, 0.1) is 17.6 Å². The molecule has 0 saturated heterocycles. The van der Waals surface area contributed by atoms with Crippen molar-refractivity contribution in [3.63, 3.8) is 0 Å². The fourth-order valence-electron chi connectivity index (χ4n) is 2.43. The Hall–Kier alpha value is -1.75. The molecule has 3 rings (SSSR count). The topological polar surface area (TPSA) is 29.1 Å². The number of hydrogen-bond donors (Lipinski definition) is 1. The molecule has 1 aliphatic carbocycles. The zero-order valence-corrected chi connectivity index (χ0v) is 12.5. The zero-order chi connectivity index (χ0) is 15.0. The third-order valence-corrected chi connectivity index (χ3v) is 4.07. The number of carbonyl (C=O) groups is 1. The van der Waals surface area contributed by atoms with Gasteiger partial charge in [0.1, 0.15) is 5.69 Å². The highest BCUT2D eigenvalue weighted by molar-refractivity contribution is 9.10. The van der Waals surface area contributed by atoms with E-state index in [0.29, 0.717) is 10.9 Å². The van der Waals surface area contributed by atoms with Crippen LogP contribution in [-0.2, 0) is 4.79 Å². The molecule has 21 heavy (non-hydrogen) atoms. The number of benzene rings is 2. The fraction of sp³-hybridized carbons (Fsp3) is 0.188. The van der Waals surface area contributed by atoms with Gasteiger partial charge >= 0.3 is 0 Å². The molecule has 108 valence electrons. The van der Waals surface area contributed by atoms with Crippen LogP contribution in [0.4, 0.5) is 14.5 Å². The van der Waals surface area contributed by atoms with Gasteiger partial charge in [-0.3, -0.25) is 4.79 Å². The molecule has 1 fully saturated rings. The molecule has 1 N–H and O–H groups in total. The Morgan fingerprint density at radius 1 is 1.14 bits per heavy atom. The Morgan fingerprint density at radius 2 is 1.76 bits per heavy atom. The summed E-state index contributed by atoms with van der Waals surface area (Å²) in [5.74, 6) is -2.01. The van der Waals surface area contributed by atoms with E-state index < -0.39 is 11.6 Å². The maximum absolute atomic E-state index is 13.7. The molecule has 1 saturated carbocycles. The van der Waals surface area contributed by atoms with Gasteiger partial charge in [0.15, 0.2) is 11.6 Å². The Morgan fingerprint density at radius 3 is 2.38 bits per heavy atom. The van der Waals surface area contributed by atoms with Crippen LogP contribution in [0.25, 0.3) is 0 Å². The number of anilines is 1. The molecule has 0 bridgehead atoms. The third-order valence-electron chi connectivity index (χ3n) is 3.61. The van der Waals surface area contributed by atoms with Gasteiger partial charge in [-0.2, -0.15) is 0 Å². The normalized spacial score (nSPS) is 20.1. The van der Waals surface area contributed by atoms with E-state index in [0.717, 1.165) is 17.7 Å². The second-order valence-corrected chi connectivity index (χ2v) is 6.01. The van der Waals surface area contributed by atoms with Gasteiger partial charge in [-0.25, -0.2) is 8.78 Å². The summed E-state index contributed by atoms with van der Waals surface area (Å²) in [4.78, 5) is 12.1. The van der Waals surface area contributed by atoms with Crippen LogP contribution < -0.4 is 5.32 Å². The minimum atomic E-state index is -0.785. The van der Waals surface area contributed by atoms with E-state index in [1.807, 2.05) is 30.3 Å². The van der Waals surface area contributed by atoms with Crippen LogP contribution >= 0.6 is 15.9 Å². The first-order chi connectivity index (χ1) is 10.1. The van der Waals surface area contributed by atoms with Crippen molar-refractivity contribution in [2.45, 2.75) is 12.3 Å². The van der Waals surface area contributed by atoms with Crippen LogP contribution in [0.1, 0.15) is 17.9 Å². The first kappa shape index (κ1) is 14.2. The molecule has 0 aliphatic heterocycles. The first-order valence-electron chi connectivity index (χ1n) is 6.56. The van der Waals surface area contributed by atoms with E-state index in [4.69, 9.17) is 0 Å². The minimum Gasteiger partial charge on any atom is -0.321 e. The number of halogens is 3. The minimum absolute atomic E-state index is 0.132. The molecule has 1 aliphatic rings. The molecule has 2 unspecified atom stereocenters. The van der Waals surface area contributed by atoms with Gasteiger partial charge in [0, 0.05) is 10.4 Å². The molecule has 2 nitrogen and oxygen atoms in total. The van der Waals surface area contributed by atoms with E-state index in [1.165, 1.54) is 0 Å². The van der Waals surface area contributed by atoms with E-state index in [2.05, 4.69) is 21.2 Å². The summed E-state index contributed by atoms with van der Waals surface area (Å²) < 4.78 is 27.7. The predicted octanol–water partition coefficient (Wildman–Crippen LogP) is 4.47. The van der Waals surface area contributed by atoms with Crippen LogP contribution in [0.3, 0.4) is 0 Å². The Kier molecular flexibility index (Phi) is 3.76. The second-order valence-electron chi connectivity index (χ2n) is 5.09. The van der Waals surface area contributed by atoms with Crippen molar-refractivity contribution < 1.29 is 13.6 Å². The van der Waals surface area contributed by atoms with E-state index in [1.54, 1.807) is 0 Å². The SMILES string of the molecule is O=C(Nc1c(F)cc(Br)cc1F)C1CC1c1ccccc1. The summed E-state index contributed by atoms with van der Waals surface area (Å²) >= 11 is 3.00. The van der Waals surface area contributed by atoms with Crippen molar-refractivity contribution in [1.82, 2.24) is 0 Å². The first-order valence-corrected chi connectivity index (χ1v) is 7.36. The van der Waals surface area contributed by atoms with Gasteiger partial charge in [0.25, 0.3) is 0 Å². The van der Waals surface area contributed by atoms with Gasteiger partial charge in [-0.05, 0) is 30.0 Å². The van der Waals surface area contributed by atoms with Crippen molar-refractivity contribution in [2.24, 2.45) is 5.92 Å². The largest absolute Gasteiger partial charge is 0.321 e. The van der Waals surface area contributed by atoms with E-state index >= 15 is 0 Å². The van der Waals surface area contributed by atoms with Crippen molar-refractivity contribution >= 4 is 27.5 Å². The second kappa shape index (κ2) is 5.56. The lowest BCUT2D eigenvalue weighted by atomic mass is 10.1. The monoisotopic (exact) mass is 351 g/mol. The highest BCUT2D eigenvalue weighted by Crippen LogP contribution is 2.48. The predicted molar refractivity (Wildman–Crippen MR) is 80.0 cm³/mol. The highest BCUT2D eigenvalue weighted by Gasteiger charge is 2.44. The number of amides is 1. The standard InChI is InChI=1S/C16H12BrF2NO/c17-10-6-13(18)15(14(19)7-10)20-16(21)12-8-11(12)9-4-2-1-3-5-9/h1-7,11-12H,8H2,(H,20,21). The average Bonchev–Trinajstić information content (AvgIpc) is 3.24. The summed E-state index contributed by atoms with van der Waals surface area (Å²) in [7, 11) is 0. The van der Waals surface area contributed by atoms with Crippen LogP contribution in [0.2, 0.25) is 0 Å². The Balaban J connectivity index is 1.72. The zero-order valence-electron chi connectivity index (χ0n) is 10.9. The summed E-state index contributed by atoms with van der Waals surface area (Å²) in [5.41, 5.74) is 0.691. The summed E-state index contributed by atoms with van der Waals surface area (Å²) in [6.07, 6.45) is 0.704. The van der Waals surface area contributed by atoms with Gasteiger partial charge in [0.2, 0.25) is 5.91 Å².